The van der Waals surface area contributed by atoms with E-state index in [9.17, 15) is 5.11 Å². The number of nitrogens with two attached hydrogens (primary N) is 1. The van der Waals surface area contributed by atoms with Crippen LogP contribution in [0.2, 0.25) is 0 Å². The Balaban J connectivity index is 1.59. The lowest BCUT2D eigenvalue weighted by molar-refractivity contribution is -0.246. The highest BCUT2D eigenvalue weighted by molar-refractivity contribution is 5.18. The van der Waals surface area contributed by atoms with Crippen LogP contribution in [0.5, 0.6) is 0 Å². The fraction of sp³-hybridized carbons (Fsp3) is 0.933. The van der Waals surface area contributed by atoms with Gasteiger partial charge < -0.3 is 10.8 Å². The molecule has 9 atom stereocenters. The highest BCUT2D eigenvalue weighted by Crippen LogP contribution is 2.76. The van der Waals surface area contributed by atoms with Gasteiger partial charge in [-0.1, -0.05) is 53.2 Å². The maximum Gasteiger partial charge on any atom is 0.118 e. The van der Waals surface area contributed by atoms with Crippen molar-refractivity contribution in [2.24, 2.45) is 57.0 Å². The summed E-state index contributed by atoms with van der Waals surface area (Å²) in [5.74, 6) is 3.94. The molecule has 4 rings (SSSR count). The monoisotopic (exact) mass is 443 g/mol. The zero-order valence-electron chi connectivity index (χ0n) is 22.6. The van der Waals surface area contributed by atoms with Crippen LogP contribution in [0.15, 0.2) is 11.6 Å². The number of rotatable bonds is 4. The zero-order chi connectivity index (χ0) is 23.7. The molecule has 32 heavy (non-hydrogen) atoms. The minimum Gasteiger partial charge on any atom is -0.376 e. The summed E-state index contributed by atoms with van der Waals surface area (Å²) in [6.07, 6.45) is 15.1. The molecule has 0 aromatic heterocycles. The van der Waals surface area contributed by atoms with Gasteiger partial charge in [-0.25, -0.2) is 0 Å². The SMILES string of the molecule is CC(C)=CCC[C@@H](C)[C@H]1CC[C@@]2(C)[C@H]1CC[C@@H]1[C@@]3(C)CC[C@](N)(O)C(C)(C)C3CC[C@]12C. The van der Waals surface area contributed by atoms with Crippen LogP contribution in [0.4, 0.5) is 0 Å². The van der Waals surface area contributed by atoms with Gasteiger partial charge >= 0.3 is 0 Å². The Labute approximate surface area is 199 Å². The highest BCUT2D eigenvalue weighted by Gasteiger charge is 2.69. The molecule has 4 aliphatic rings. The predicted molar refractivity (Wildman–Crippen MR) is 136 cm³/mol. The summed E-state index contributed by atoms with van der Waals surface area (Å²) in [6, 6.07) is 0. The third kappa shape index (κ3) is 3.32. The lowest BCUT2D eigenvalue weighted by atomic mass is 9.35. The van der Waals surface area contributed by atoms with Gasteiger partial charge in [-0.15, -0.1) is 0 Å². The molecule has 0 bridgehead atoms. The van der Waals surface area contributed by atoms with Crippen molar-refractivity contribution in [3.63, 3.8) is 0 Å². The predicted octanol–water partition coefficient (Wildman–Crippen LogP) is 7.70. The van der Waals surface area contributed by atoms with Crippen molar-refractivity contribution in [2.45, 2.75) is 125 Å². The molecule has 0 aromatic rings. The van der Waals surface area contributed by atoms with Crippen LogP contribution in [0.1, 0.15) is 120 Å². The molecular formula is C30H53NO. The van der Waals surface area contributed by atoms with Crippen LogP contribution >= 0.6 is 0 Å². The van der Waals surface area contributed by atoms with Crippen molar-refractivity contribution < 1.29 is 5.11 Å². The van der Waals surface area contributed by atoms with Gasteiger partial charge in [-0.05, 0) is 124 Å². The third-order valence-corrected chi connectivity index (χ3v) is 12.7. The second kappa shape index (κ2) is 7.84. The maximum absolute atomic E-state index is 11.1. The van der Waals surface area contributed by atoms with E-state index in [4.69, 9.17) is 5.73 Å². The summed E-state index contributed by atoms with van der Waals surface area (Å²) in [5, 5.41) is 11.1. The van der Waals surface area contributed by atoms with E-state index in [0.717, 1.165) is 36.5 Å². The van der Waals surface area contributed by atoms with E-state index in [1.165, 1.54) is 56.9 Å². The number of allylic oxidation sites excluding steroid dienone is 2. The molecule has 0 aromatic carbocycles. The van der Waals surface area contributed by atoms with Crippen molar-refractivity contribution in [1.82, 2.24) is 0 Å². The summed E-state index contributed by atoms with van der Waals surface area (Å²) >= 11 is 0. The van der Waals surface area contributed by atoms with Crippen molar-refractivity contribution in [1.29, 1.82) is 0 Å². The second-order valence-electron chi connectivity index (χ2n) is 14.4. The van der Waals surface area contributed by atoms with Crippen LogP contribution in [-0.4, -0.2) is 10.8 Å². The number of hydrogen-bond acceptors (Lipinski definition) is 2. The molecule has 4 fully saturated rings. The van der Waals surface area contributed by atoms with E-state index in [-0.39, 0.29) is 5.41 Å². The first-order chi connectivity index (χ1) is 14.7. The normalized spacial score (nSPS) is 50.7. The van der Waals surface area contributed by atoms with Crippen molar-refractivity contribution in [2.75, 3.05) is 0 Å². The van der Waals surface area contributed by atoms with E-state index in [1.807, 2.05) is 0 Å². The lowest BCUT2D eigenvalue weighted by Crippen LogP contribution is -2.68. The Bertz CT molecular complexity index is 748. The summed E-state index contributed by atoms with van der Waals surface area (Å²) in [6.45, 7) is 19.5. The molecule has 0 radical (unpaired) electrons. The Morgan fingerprint density at radius 3 is 2.22 bits per heavy atom. The van der Waals surface area contributed by atoms with E-state index in [2.05, 4.69) is 61.5 Å². The molecule has 1 unspecified atom stereocenters. The van der Waals surface area contributed by atoms with E-state index >= 15 is 0 Å². The number of fused-ring (bicyclic) bond motifs is 5. The first kappa shape index (κ1) is 24.8. The van der Waals surface area contributed by atoms with Gasteiger partial charge in [0.05, 0.1) is 0 Å². The molecule has 3 N–H and O–H groups in total. The van der Waals surface area contributed by atoms with E-state index in [0.29, 0.717) is 22.2 Å². The molecule has 0 saturated heterocycles. The average molecular weight is 444 g/mol. The molecule has 4 saturated carbocycles. The fourth-order valence-corrected chi connectivity index (χ4v) is 10.3. The Morgan fingerprint density at radius 1 is 0.906 bits per heavy atom. The Hall–Kier alpha value is -0.340. The molecule has 0 spiro atoms. The first-order valence-electron chi connectivity index (χ1n) is 13.9. The van der Waals surface area contributed by atoms with Crippen molar-refractivity contribution >= 4 is 0 Å². The lowest BCUT2D eigenvalue weighted by Gasteiger charge is -2.70. The van der Waals surface area contributed by atoms with Gasteiger partial charge in [-0.2, -0.15) is 0 Å². The molecule has 4 aliphatic carbocycles. The summed E-state index contributed by atoms with van der Waals surface area (Å²) in [7, 11) is 0. The van der Waals surface area contributed by atoms with Crippen LogP contribution in [0, 0.1) is 51.2 Å². The maximum atomic E-state index is 11.1. The van der Waals surface area contributed by atoms with Gasteiger partial charge in [-0.3, -0.25) is 0 Å². The van der Waals surface area contributed by atoms with Gasteiger partial charge in [0.25, 0.3) is 0 Å². The summed E-state index contributed by atoms with van der Waals surface area (Å²) in [5.41, 5.74) is 7.93. The minimum atomic E-state index is -1.02. The highest BCUT2D eigenvalue weighted by atomic mass is 16.3. The number of aliphatic hydroxyl groups is 1. The largest absolute Gasteiger partial charge is 0.376 e. The molecule has 0 aliphatic heterocycles. The Kier molecular flexibility index (Phi) is 6.07. The van der Waals surface area contributed by atoms with Crippen LogP contribution < -0.4 is 5.73 Å². The van der Waals surface area contributed by atoms with Crippen molar-refractivity contribution in [3.8, 4) is 0 Å². The standard InChI is InChI=1S/C30H53NO/c1-20(2)10-9-11-21(3)22-14-16-28(7)23(22)12-13-25-27(6)18-19-30(31,32)26(4,5)24(27)15-17-29(25,28)8/h10,21-25,32H,9,11-19,31H2,1-8H3/t21-,22-,23+,24?,25-,27+,28+,29-,30+/m1/s1. The summed E-state index contributed by atoms with van der Waals surface area (Å²) in [4.78, 5) is 0. The first-order valence-corrected chi connectivity index (χ1v) is 13.9. The van der Waals surface area contributed by atoms with Crippen LogP contribution in [0.3, 0.4) is 0 Å². The summed E-state index contributed by atoms with van der Waals surface area (Å²) < 4.78 is 0. The minimum absolute atomic E-state index is 0.212. The molecule has 2 heteroatoms. The van der Waals surface area contributed by atoms with Gasteiger partial charge in [0, 0.05) is 5.41 Å². The van der Waals surface area contributed by atoms with Gasteiger partial charge in [0.2, 0.25) is 0 Å². The smallest absolute Gasteiger partial charge is 0.118 e. The molecular weight excluding hydrogens is 390 g/mol. The zero-order valence-corrected chi connectivity index (χ0v) is 22.6. The molecule has 0 amide bonds. The average Bonchev–Trinajstić information content (AvgIpc) is 3.04. The second-order valence-corrected chi connectivity index (χ2v) is 14.4. The number of hydrogen-bond donors (Lipinski definition) is 2. The Morgan fingerprint density at radius 2 is 1.56 bits per heavy atom. The molecule has 2 nitrogen and oxygen atoms in total. The van der Waals surface area contributed by atoms with E-state index in [1.54, 1.807) is 0 Å². The third-order valence-electron chi connectivity index (χ3n) is 12.7. The van der Waals surface area contributed by atoms with Gasteiger partial charge in [0.15, 0.2) is 0 Å². The fourth-order valence-electron chi connectivity index (χ4n) is 10.3. The van der Waals surface area contributed by atoms with E-state index < -0.39 is 5.72 Å². The van der Waals surface area contributed by atoms with Crippen LogP contribution in [-0.2, 0) is 0 Å². The quantitative estimate of drug-likeness (QED) is 0.345. The molecule has 184 valence electrons. The van der Waals surface area contributed by atoms with Gasteiger partial charge in [0.1, 0.15) is 5.72 Å². The van der Waals surface area contributed by atoms with Crippen LogP contribution in [0.25, 0.3) is 0 Å². The molecule has 0 heterocycles. The van der Waals surface area contributed by atoms with Crippen molar-refractivity contribution in [3.05, 3.63) is 11.6 Å². The topological polar surface area (TPSA) is 46.2 Å².